The molecule has 0 spiro atoms. The van der Waals surface area contributed by atoms with Crippen molar-refractivity contribution in [1.82, 2.24) is 4.57 Å². The van der Waals surface area contributed by atoms with E-state index in [1.807, 2.05) is 18.2 Å². The fourth-order valence-corrected chi connectivity index (χ4v) is 5.12. The first kappa shape index (κ1) is 26.0. The summed E-state index contributed by atoms with van der Waals surface area (Å²) in [5.41, 5.74) is 2.01. The van der Waals surface area contributed by atoms with E-state index in [0.717, 1.165) is 11.1 Å². The van der Waals surface area contributed by atoms with Crippen LogP contribution in [0.15, 0.2) is 76.2 Å². The maximum Gasteiger partial charge on any atom is 0.338 e. The van der Waals surface area contributed by atoms with Crippen LogP contribution in [-0.2, 0) is 9.53 Å². The number of fused-ring (bicyclic) bond motifs is 1. The molecule has 0 fully saturated rings. The predicted molar refractivity (Wildman–Crippen MR) is 142 cm³/mol. The number of thiazole rings is 1. The number of carbonyl (C=O) groups excluding carboxylic acids is 1. The Balaban J connectivity index is 1.89. The molecule has 0 bridgehead atoms. The standard InChI is InChI=1S/C28H28N2O6S/c1-6-14-36-20-11-8-18(9-12-20)25-24(27(32)35-7-2)17(3)29-28-30(25)26(31)23(37-28)15-19-10-13-21(33-4)16-22(19)34-5/h6,8-13,15-16,25H,1,7,14H2,2-5H3/b23-15+. The van der Waals surface area contributed by atoms with E-state index in [4.69, 9.17) is 18.9 Å². The van der Waals surface area contributed by atoms with Crippen LogP contribution in [0.4, 0.5) is 0 Å². The number of nitrogens with zero attached hydrogens (tertiary/aromatic N) is 2. The van der Waals surface area contributed by atoms with Gasteiger partial charge in [0.25, 0.3) is 5.56 Å². The first-order chi connectivity index (χ1) is 17.9. The van der Waals surface area contributed by atoms with Crippen LogP contribution in [0.25, 0.3) is 6.08 Å². The lowest BCUT2D eigenvalue weighted by molar-refractivity contribution is -0.139. The number of benzene rings is 2. The van der Waals surface area contributed by atoms with E-state index in [1.165, 1.54) is 11.3 Å². The summed E-state index contributed by atoms with van der Waals surface area (Å²) in [6, 6.07) is 11.9. The molecule has 0 N–H and O–H groups in total. The second-order valence-corrected chi connectivity index (χ2v) is 9.09. The maximum absolute atomic E-state index is 13.8. The lowest BCUT2D eigenvalue weighted by Gasteiger charge is -2.24. The Bertz CT molecular complexity index is 1530. The zero-order chi connectivity index (χ0) is 26.5. The van der Waals surface area contributed by atoms with Gasteiger partial charge in [-0.1, -0.05) is 36.1 Å². The Labute approximate surface area is 218 Å². The van der Waals surface area contributed by atoms with E-state index >= 15 is 0 Å². The van der Waals surface area contributed by atoms with Crippen molar-refractivity contribution in [2.24, 2.45) is 4.99 Å². The van der Waals surface area contributed by atoms with Crippen LogP contribution < -0.4 is 29.1 Å². The van der Waals surface area contributed by atoms with E-state index in [-0.39, 0.29) is 12.2 Å². The monoisotopic (exact) mass is 520 g/mol. The smallest absolute Gasteiger partial charge is 0.338 e. The molecular formula is C28H28N2O6S. The highest BCUT2D eigenvalue weighted by Gasteiger charge is 2.33. The second-order valence-electron chi connectivity index (χ2n) is 8.08. The number of allylic oxidation sites excluding steroid dienone is 1. The Hall–Kier alpha value is -4.11. The van der Waals surface area contributed by atoms with Crippen LogP contribution in [0.5, 0.6) is 17.2 Å². The molecule has 2 heterocycles. The van der Waals surface area contributed by atoms with E-state index in [2.05, 4.69) is 11.6 Å². The predicted octanol–water partition coefficient (Wildman–Crippen LogP) is 3.38. The van der Waals surface area contributed by atoms with Gasteiger partial charge in [-0.05, 0) is 49.8 Å². The molecule has 192 valence electrons. The fraction of sp³-hybridized carbons (Fsp3) is 0.250. The molecule has 1 aliphatic rings. The molecule has 1 aromatic heterocycles. The first-order valence-electron chi connectivity index (χ1n) is 11.7. The number of ether oxygens (including phenoxy) is 4. The lowest BCUT2D eigenvalue weighted by Crippen LogP contribution is -2.39. The highest BCUT2D eigenvalue weighted by atomic mass is 32.1. The van der Waals surface area contributed by atoms with Gasteiger partial charge in [0.2, 0.25) is 0 Å². The summed E-state index contributed by atoms with van der Waals surface area (Å²) in [5.74, 6) is 1.36. The average Bonchev–Trinajstić information content (AvgIpc) is 3.21. The van der Waals surface area contributed by atoms with Crippen molar-refractivity contribution in [3.63, 3.8) is 0 Å². The van der Waals surface area contributed by atoms with Gasteiger partial charge in [0, 0.05) is 11.6 Å². The number of esters is 1. The molecule has 8 nitrogen and oxygen atoms in total. The minimum absolute atomic E-state index is 0.207. The van der Waals surface area contributed by atoms with Gasteiger partial charge in [-0.3, -0.25) is 9.36 Å². The molecule has 1 unspecified atom stereocenters. The molecule has 3 aromatic rings. The largest absolute Gasteiger partial charge is 0.497 e. The molecular weight excluding hydrogens is 492 g/mol. The molecule has 37 heavy (non-hydrogen) atoms. The van der Waals surface area contributed by atoms with Crippen molar-refractivity contribution in [1.29, 1.82) is 0 Å². The van der Waals surface area contributed by atoms with Crippen molar-refractivity contribution in [3.8, 4) is 17.2 Å². The lowest BCUT2D eigenvalue weighted by atomic mass is 9.96. The molecule has 0 saturated carbocycles. The fourth-order valence-electron chi connectivity index (χ4n) is 4.09. The number of aromatic nitrogens is 1. The number of hydrogen-bond acceptors (Lipinski definition) is 8. The van der Waals surface area contributed by atoms with Gasteiger partial charge in [-0.2, -0.15) is 0 Å². The van der Waals surface area contributed by atoms with Gasteiger partial charge in [-0.25, -0.2) is 9.79 Å². The minimum Gasteiger partial charge on any atom is -0.497 e. The highest BCUT2D eigenvalue weighted by molar-refractivity contribution is 7.07. The summed E-state index contributed by atoms with van der Waals surface area (Å²) in [7, 11) is 3.14. The number of methoxy groups -OCH3 is 2. The summed E-state index contributed by atoms with van der Waals surface area (Å²) in [6.45, 7) is 7.74. The van der Waals surface area contributed by atoms with Crippen LogP contribution in [0.1, 0.15) is 31.0 Å². The zero-order valence-corrected chi connectivity index (χ0v) is 22.0. The third-order valence-corrected chi connectivity index (χ3v) is 6.79. The number of rotatable bonds is 9. The van der Waals surface area contributed by atoms with Gasteiger partial charge in [0.1, 0.15) is 23.9 Å². The first-order valence-corrected chi connectivity index (χ1v) is 12.5. The van der Waals surface area contributed by atoms with Crippen molar-refractivity contribution in [3.05, 3.63) is 97.2 Å². The highest BCUT2D eigenvalue weighted by Crippen LogP contribution is 2.32. The van der Waals surface area contributed by atoms with Crippen molar-refractivity contribution < 1.29 is 23.7 Å². The molecule has 0 radical (unpaired) electrons. The zero-order valence-electron chi connectivity index (χ0n) is 21.1. The number of carbonyl (C=O) groups is 1. The quantitative estimate of drug-likeness (QED) is 0.318. The third kappa shape index (κ3) is 5.22. The normalized spacial score (nSPS) is 15.0. The molecule has 2 aromatic carbocycles. The van der Waals surface area contributed by atoms with E-state index in [1.54, 1.807) is 69.1 Å². The molecule has 0 amide bonds. The SMILES string of the molecule is C=CCOc1ccc(C2C(C(=O)OCC)=C(C)N=c3s/c(=C/c4ccc(OC)cc4OC)c(=O)n32)cc1. The number of hydrogen-bond donors (Lipinski definition) is 0. The molecule has 1 aliphatic heterocycles. The third-order valence-electron chi connectivity index (χ3n) is 5.81. The molecule has 9 heteroatoms. The van der Waals surface area contributed by atoms with Crippen molar-refractivity contribution in [2.45, 2.75) is 19.9 Å². The van der Waals surface area contributed by atoms with Crippen molar-refractivity contribution in [2.75, 3.05) is 27.4 Å². The van der Waals surface area contributed by atoms with Gasteiger partial charge < -0.3 is 18.9 Å². The Morgan fingerprint density at radius 3 is 2.51 bits per heavy atom. The summed E-state index contributed by atoms with van der Waals surface area (Å²) < 4.78 is 23.7. The van der Waals surface area contributed by atoms with Gasteiger partial charge in [-0.15, -0.1) is 0 Å². The summed E-state index contributed by atoms with van der Waals surface area (Å²) in [6.07, 6.45) is 3.42. The van der Waals surface area contributed by atoms with Gasteiger partial charge in [0.15, 0.2) is 4.80 Å². The second kappa shape index (κ2) is 11.3. The van der Waals surface area contributed by atoms with E-state index in [9.17, 15) is 9.59 Å². The van der Waals surface area contributed by atoms with Crippen LogP contribution in [0.2, 0.25) is 0 Å². The molecule has 0 saturated heterocycles. The topological polar surface area (TPSA) is 88.4 Å². The van der Waals surface area contributed by atoms with Crippen molar-refractivity contribution >= 4 is 23.4 Å². The summed E-state index contributed by atoms with van der Waals surface area (Å²) in [5, 5.41) is 0. The maximum atomic E-state index is 13.8. The molecule has 0 aliphatic carbocycles. The van der Waals surface area contributed by atoms with Crippen LogP contribution in [-0.4, -0.2) is 38.0 Å². The van der Waals surface area contributed by atoms with Gasteiger partial charge in [0.05, 0.1) is 42.7 Å². The van der Waals surface area contributed by atoms with Crippen LogP contribution in [0.3, 0.4) is 0 Å². The average molecular weight is 521 g/mol. The Kier molecular flexibility index (Phi) is 7.93. The van der Waals surface area contributed by atoms with E-state index < -0.39 is 12.0 Å². The Morgan fingerprint density at radius 1 is 1.14 bits per heavy atom. The van der Waals surface area contributed by atoms with Gasteiger partial charge >= 0.3 is 5.97 Å². The molecule has 4 rings (SSSR count). The summed E-state index contributed by atoms with van der Waals surface area (Å²) >= 11 is 1.25. The minimum atomic E-state index is -0.705. The Morgan fingerprint density at radius 2 is 1.86 bits per heavy atom. The van der Waals surface area contributed by atoms with Crippen LogP contribution >= 0.6 is 11.3 Å². The summed E-state index contributed by atoms with van der Waals surface area (Å²) in [4.78, 5) is 31.9. The van der Waals surface area contributed by atoms with E-state index in [0.29, 0.717) is 44.5 Å². The molecule has 1 atom stereocenters. The van der Waals surface area contributed by atoms with Crippen LogP contribution in [0, 0.1) is 0 Å².